The van der Waals surface area contributed by atoms with Crippen LogP contribution in [-0.4, -0.2) is 41.0 Å². The minimum Gasteiger partial charge on any atom is -0.484 e. The molecule has 1 aliphatic rings. The Labute approximate surface area is 225 Å². The van der Waals surface area contributed by atoms with Gasteiger partial charge in [0.1, 0.15) is 12.3 Å². The van der Waals surface area contributed by atoms with Crippen LogP contribution in [0.15, 0.2) is 71.6 Å². The highest BCUT2D eigenvalue weighted by atomic mass is 32.2. The fourth-order valence-corrected chi connectivity index (χ4v) is 4.75. The summed E-state index contributed by atoms with van der Waals surface area (Å²) in [5, 5.41) is 5.02. The fraction of sp³-hybridized carbons (Fsp3) is 0.172. The van der Waals surface area contributed by atoms with Crippen LogP contribution in [-0.2, 0) is 14.4 Å². The molecule has 1 fully saturated rings. The molecule has 0 radical (unpaired) electrons. The third-order valence-electron chi connectivity index (χ3n) is 5.53. The van der Waals surface area contributed by atoms with Crippen molar-refractivity contribution in [3.05, 3.63) is 93.9 Å². The molecule has 38 heavy (non-hydrogen) atoms. The van der Waals surface area contributed by atoms with Crippen molar-refractivity contribution in [1.29, 1.82) is 0 Å². The molecule has 8 nitrogen and oxygen atoms in total. The summed E-state index contributed by atoms with van der Waals surface area (Å²) in [7, 11) is 0. The molecule has 1 saturated heterocycles. The van der Waals surface area contributed by atoms with Crippen molar-refractivity contribution < 1.29 is 23.9 Å². The zero-order chi connectivity index (χ0) is 27.2. The Balaban J connectivity index is 1.31. The van der Waals surface area contributed by atoms with Gasteiger partial charge in [-0.05, 0) is 97.3 Å². The number of carbonyl (C=O) groups excluding carboxylic acids is 4. The van der Waals surface area contributed by atoms with Gasteiger partial charge in [0.2, 0.25) is 5.91 Å². The van der Waals surface area contributed by atoms with Gasteiger partial charge in [-0.3, -0.25) is 24.1 Å². The monoisotopic (exact) mass is 529 g/mol. The molecular weight excluding hydrogens is 502 g/mol. The average molecular weight is 530 g/mol. The molecule has 3 aromatic carbocycles. The van der Waals surface area contributed by atoms with Crippen LogP contribution in [0.2, 0.25) is 0 Å². The first kappa shape index (κ1) is 26.7. The third-order valence-corrected chi connectivity index (χ3v) is 6.44. The number of ether oxygens (including phenoxy) is 1. The lowest BCUT2D eigenvalue weighted by atomic mass is 10.1. The highest BCUT2D eigenvalue weighted by Gasteiger charge is 2.36. The van der Waals surface area contributed by atoms with Crippen LogP contribution in [0.3, 0.4) is 0 Å². The van der Waals surface area contributed by atoms with Crippen LogP contribution in [0.1, 0.15) is 22.3 Å². The largest absolute Gasteiger partial charge is 0.484 e. The van der Waals surface area contributed by atoms with Gasteiger partial charge in [0.05, 0.1) is 4.91 Å². The number of hydrogen-bond acceptors (Lipinski definition) is 6. The predicted octanol–water partition coefficient (Wildman–Crippen LogP) is 5.30. The quantitative estimate of drug-likeness (QED) is 0.384. The van der Waals surface area contributed by atoms with Crippen LogP contribution in [0.4, 0.5) is 16.2 Å². The van der Waals surface area contributed by atoms with E-state index in [9.17, 15) is 19.2 Å². The Morgan fingerprint density at radius 2 is 1.50 bits per heavy atom. The normalized spacial score (nSPS) is 14.1. The standard InChI is InChI=1S/C29H27N3O5S/c1-18-5-4-6-22(12-18)30-27(34)17-37-24-9-7-21(8-10-24)15-25-28(35)32(29(36)38-25)16-26(33)31-23-13-19(2)11-20(3)14-23/h4-15H,16-17H2,1-3H3,(H,30,34)(H,31,33)/b25-15+. The molecule has 0 spiro atoms. The first-order valence-corrected chi connectivity index (χ1v) is 12.7. The number of nitrogens with zero attached hydrogens (tertiary/aromatic N) is 1. The molecule has 9 heteroatoms. The number of thioether (sulfide) groups is 1. The number of benzene rings is 3. The molecule has 194 valence electrons. The zero-order valence-corrected chi connectivity index (χ0v) is 22.1. The molecule has 1 heterocycles. The minimum atomic E-state index is -0.524. The van der Waals surface area contributed by atoms with E-state index in [-0.39, 0.29) is 24.0 Å². The number of aryl methyl sites for hydroxylation is 3. The smallest absolute Gasteiger partial charge is 0.294 e. The Kier molecular flexibility index (Phi) is 8.28. The molecule has 1 aliphatic heterocycles. The molecule has 0 unspecified atom stereocenters. The maximum atomic E-state index is 12.8. The van der Waals surface area contributed by atoms with Crippen molar-refractivity contribution in [1.82, 2.24) is 4.90 Å². The van der Waals surface area contributed by atoms with Crippen LogP contribution in [0, 0.1) is 20.8 Å². The van der Waals surface area contributed by atoms with Crippen LogP contribution >= 0.6 is 11.8 Å². The highest BCUT2D eigenvalue weighted by molar-refractivity contribution is 8.18. The van der Waals surface area contributed by atoms with E-state index in [2.05, 4.69) is 10.6 Å². The fourth-order valence-electron chi connectivity index (χ4n) is 3.91. The summed E-state index contributed by atoms with van der Waals surface area (Å²) in [5.41, 5.74) is 5.02. The van der Waals surface area contributed by atoms with Crippen molar-refractivity contribution in [3.63, 3.8) is 0 Å². The van der Waals surface area contributed by atoms with Crippen molar-refractivity contribution in [2.24, 2.45) is 0 Å². The second kappa shape index (κ2) is 11.8. The third kappa shape index (κ3) is 7.10. The summed E-state index contributed by atoms with van der Waals surface area (Å²) in [6, 6.07) is 19.9. The van der Waals surface area contributed by atoms with E-state index in [1.54, 1.807) is 36.4 Å². The molecule has 0 saturated carbocycles. The van der Waals surface area contributed by atoms with Crippen LogP contribution in [0.5, 0.6) is 5.75 Å². The molecule has 3 aromatic rings. The first-order chi connectivity index (χ1) is 18.2. The number of nitrogens with one attached hydrogen (secondary N) is 2. The maximum absolute atomic E-state index is 12.8. The summed E-state index contributed by atoms with van der Waals surface area (Å²) < 4.78 is 5.55. The van der Waals surface area contributed by atoms with Crippen molar-refractivity contribution in [3.8, 4) is 5.75 Å². The molecule has 0 aliphatic carbocycles. The van der Waals surface area contributed by atoms with Crippen LogP contribution in [0.25, 0.3) is 6.08 Å². The minimum absolute atomic E-state index is 0.156. The van der Waals surface area contributed by atoms with Crippen molar-refractivity contribution in [2.75, 3.05) is 23.8 Å². The van der Waals surface area contributed by atoms with E-state index in [0.29, 0.717) is 22.7 Å². The van der Waals surface area contributed by atoms with E-state index in [4.69, 9.17) is 4.74 Å². The van der Waals surface area contributed by atoms with E-state index in [1.807, 2.05) is 57.2 Å². The maximum Gasteiger partial charge on any atom is 0.294 e. The average Bonchev–Trinajstić information content (AvgIpc) is 3.10. The summed E-state index contributed by atoms with van der Waals surface area (Å²) in [6.45, 7) is 5.26. The number of rotatable bonds is 8. The number of imide groups is 1. The van der Waals surface area contributed by atoms with Gasteiger partial charge in [0.15, 0.2) is 6.61 Å². The Morgan fingerprint density at radius 1 is 0.842 bits per heavy atom. The summed E-state index contributed by atoms with van der Waals surface area (Å²) in [5.74, 6) is -0.775. The molecule has 2 N–H and O–H groups in total. The van der Waals surface area contributed by atoms with E-state index in [0.717, 1.165) is 33.4 Å². The topological polar surface area (TPSA) is 105 Å². The SMILES string of the molecule is Cc1cccc(NC(=O)COc2ccc(/C=C3/SC(=O)N(CC(=O)Nc4cc(C)cc(C)c4)C3=O)cc2)c1. The molecule has 0 atom stereocenters. The van der Waals surface area contributed by atoms with Gasteiger partial charge >= 0.3 is 0 Å². The Hall–Kier alpha value is -4.37. The van der Waals surface area contributed by atoms with Gasteiger partial charge in [-0.15, -0.1) is 0 Å². The van der Waals surface area contributed by atoms with Gasteiger partial charge in [0.25, 0.3) is 17.1 Å². The Bertz CT molecular complexity index is 1410. The van der Waals surface area contributed by atoms with E-state index >= 15 is 0 Å². The van der Waals surface area contributed by atoms with E-state index in [1.165, 1.54) is 0 Å². The molecule has 4 amide bonds. The molecule has 0 aromatic heterocycles. The van der Waals surface area contributed by atoms with Crippen LogP contribution < -0.4 is 15.4 Å². The first-order valence-electron chi connectivity index (χ1n) is 11.9. The van der Waals surface area contributed by atoms with Gasteiger partial charge in [-0.2, -0.15) is 0 Å². The molecular formula is C29H27N3O5S. The second-order valence-electron chi connectivity index (χ2n) is 8.97. The summed E-state index contributed by atoms with van der Waals surface area (Å²) >= 11 is 0.784. The number of amides is 4. The van der Waals surface area contributed by atoms with Gasteiger partial charge in [0, 0.05) is 11.4 Å². The number of anilines is 2. The van der Waals surface area contributed by atoms with Crippen molar-refractivity contribution >= 4 is 52.2 Å². The molecule has 0 bridgehead atoms. The van der Waals surface area contributed by atoms with Crippen molar-refractivity contribution in [2.45, 2.75) is 20.8 Å². The van der Waals surface area contributed by atoms with Gasteiger partial charge in [-0.1, -0.05) is 30.3 Å². The van der Waals surface area contributed by atoms with Gasteiger partial charge < -0.3 is 15.4 Å². The summed E-state index contributed by atoms with van der Waals surface area (Å²) in [4.78, 5) is 51.0. The predicted molar refractivity (Wildman–Crippen MR) is 149 cm³/mol. The highest BCUT2D eigenvalue weighted by Crippen LogP contribution is 2.32. The number of hydrogen-bond donors (Lipinski definition) is 2. The Morgan fingerprint density at radius 3 is 2.18 bits per heavy atom. The zero-order valence-electron chi connectivity index (χ0n) is 21.2. The second-order valence-corrected chi connectivity index (χ2v) is 9.96. The van der Waals surface area contributed by atoms with E-state index < -0.39 is 17.1 Å². The lowest BCUT2D eigenvalue weighted by Crippen LogP contribution is -2.36. The summed E-state index contributed by atoms with van der Waals surface area (Å²) in [6.07, 6.45) is 1.58. The lowest BCUT2D eigenvalue weighted by molar-refractivity contribution is -0.127. The number of carbonyl (C=O) groups is 4. The molecule has 4 rings (SSSR count). The van der Waals surface area contributed by atoms with Gasteiger partial charge in [-0.25, -0.2) is 0 Å². The lowest BCUT2D eigenvalue weighted by Gasteiger charge is -2.13.